The Balaban J connectivity index is 2.35. The fourth-order valence-corrected chi connectivity index (χ4v) is 1.01. The van der Waals surface area contributed by atoms with Crippen LogP contribution in [0.1, 0.15) is 19.4 Å². The molecule has 0 bridgehead atoms. The van der Waals surface area contributed by atoms with E-state index in [1.54, 1.807) is 11.6 Å². The Hall–Kier alpha value is -0.870. The van der Waals surface area contributed by atoms with Gasteiger partial charge in [-0.3, -0.25) is 4.68 Å². The minimum Gasteiger partial charge on any atom is -0.392 e. The van der Waals surface area contributed by atoms with Gasteiger partial charge in [-0.1, -0.05) is 0 Å². The molecule has 1 heterocycles. The first-order valence-corrected chi connectivity index (χ1v) is 4.48. The summed E-state index contributed by atoms with van der Waals surface area (Å²) in [7, 11) is 1.89. The van der Waals surface area contributed by atoms with Crippen molar-refractivity contribution in [3.8, 4) is 0 Å². The molecular weight excluding hydrogens is 166 g/mol. The van der Waals surface area contributed by atoms with Gasteiger partial charge in [-0.2, -0.15) is 5.10 Å². The van der Waals surface area contributed by atoms with Crippen molar-refractivity contribution in [2.24, 2.45) is 7.05 Å². The summed E-state index contributed by atoms with van der Waals surface area (Å²) in [5.41, 5.74) is 1.13. The van der Waals surface area contributed by atoms with Crippen molar-refractivity contribution in [2.45, 2.75) is 32.5 Å². The summed E-state index contributed by atoms with van der Waals surface area (Å²) in [5.74, 6) is 0. The Morgan fingerprint density at radius 3 is 2.77 bits per heavy atom. The van der Waals surface area contributed by atoms with Crippen LogP contribution in [0.5, 0.6) is 0 Å². The molecule has 0 radical (unpaired) electrons. The average Bonchev–Trinajstić information content (AvgIpc) is 2.47. The third kappa shape index (κ3) is 3.16. The van der Waals surface area contributed by atoms with Gasteiger partial charge in [0, 0.05) is 31.4 Å². The Morgan fingerprint density at radius 2 is 2.31 bits per heavy atom. The lowest BCUT2D eigenvalue weighted by Crippen LogP contribution is -2.34. The summed E-state index contributed by atoms with van der Waals surface area (Å²) in [6, 6.07) is 0.111. The molecule has 1 aromatic heterocycles. The third-order valence-electron chi connectivity index (χ3n) is 2.11. The van der Waals surface area contributed by atoms with Crippen LogP contribution in [0.4, 0.5) is 0 Å². The highest BCUT2D eigenvalue weighted by Gasteiger charge is 2.07. The predicted molar refractivity (Wildman–Crippen MR) is 51.2 cm³/mol. The Morgan fingerprint density at radius 1 is 1.62 bits per heavy atom. The van der Waals surface area contributed by atoms with E-state index in [9.17, 15) is 5.11 Å². The number of aliphatic hydroxyl groups is 1. The molecule has 4 heteroatoms. The second kappa shape index (κ2) is 4.39. The third-order valence-corrected chi connectivity index (χ3v) is 2.11. The zero-order chi connectivity index (χ0) is 9.84. The molecule has 4 nitrogen and oxygen atoms in total. The highest BCUT2D eigenvalue weighted by molar-refractivity contribution is 5.03. The molecular formula is C9H17N3O. The number of nitrogens with one attached hydrogen (secondary N) is 1. The van der Waals surface area contributed by atoms with E-state index < -0.39 is 0 Å². The van der Waals surface area contributed by atoms with Crippen molar-refractivity contribution in [2.75, 3.05) is 0 Å². The predicted octanol–water partition coefficient (Wildman–Crippen LogP) is 0.279. The summed E-state index contributed by atoms with van der Waals surface area (Å²) in [5, 5.41) is 16.5. The molecule has 0 amide bonds. The van der Waals surface area contributed by atoms with Gasteiger partial charge in [-0.15, -0.1) is 0 Å². The van der Waals surface area contributed by atoms with Crippen LogP contribution in [0.25, 0.3) is 0 Å². The van der Waals surface area contributed by atoms with E-state index in [1.165, 1.54) is 0 Å². The fourth-order valence-electron chi connectivity index (χ4n) is 1.01. The molecule has 0 aliphatic carbocycles. The summed E-state index contributed by atoms with van der Waals surface area (Å²) in [6.45, 7) is 4.49. The summed E-state index contributed by atoms with van der Waals surface area (Å²) in [6.07, 6.45) is 3.46. The molecule has 0 fully saturated rings. The molecule has 2 unspecified atom stereocenters. The van der Waals surface area contributed by atoms with Crippen molar-refractivity contribution >= 4 is 0 Å². The molecule has 1 rings (SSSR count). The van der Waals surface area contributed by atoms with Gasteiger partial charge in [0.25, 0.3) is 0 Å². The summed E-state index contributed by atoms with van der Waals surface area (Å²) < 4.78 is 1.77. The van der Waals surface area contributed by atoms with Crippen molar-refractivity contribution in [1.82, 2.24) is 15.1 Å². The molecule has 0 saturated heterocycles. The van der Waals surface area contributed by atoms with Gasteiger partial charge in [0.15, 0.2) is 0 Å². The maximum Gasteiger partial charge on any atom is 0.0662 e. The Kier molecular flexibility index (Phi) is 3.45. The zero-order valence-corrected chi connectivity index (χ0v) is 8.36. The number of nitrogens with zero attached hydrogens (tertiary/aromatic N) is 2. The molecule has 0 spiro atoms. The van der Waals surface area contributed by atoms with Gasteiger partial charge in [0.1, 0.15) is 0 Å². The Labute approximate surface area is 78.6 Å². The van der Waals surface area contributed by atoms with E-state index in [1.807, 2.05) is 26.4 Å². The van der Waals surface area contributed by atoms with E-state index in [0.717, 1.165) is 12.1 Å². The van der Waals surface area contributed by atoms with Crippen LogP contribution in [0, 0.1) is 0 Å². The molecule has 0 saturated carbocycles. The normalized spacial score (nSPS) is 15.7. The zero-order valence-electron chi connectivity index (χ0n) is 8.36. The number of rotatable bonds is 4. The van der Waals surface area contributed by atoms with Crippen LogP contribution in [0.3, 0.4) is 0 Å². The number of hydrogen-bond acceptors (Lipinski definition) is 3. The van der Waals surface area contributed by atoms with Crippen LogP contribution in [0.15, 0.2) is 12.4 Å². The number of hydrogen-bond donors (Lipinski definition) is 2. The van der Waals surface area contributed by atoms with Crippen molar-refractivity contribution in [3.63, 3.8) is 0 Å². The first-order valence-electron chi connectivity index (χ1n) is 4.48. The molecule has 0 aliphatic heterocycles. The van der Waals surface area contributed by atoms with Gasteiger partial charge in [0.05, 0.1) is 12.3 Å². The number of aromatic nitrogens is 2. The summed E-state index contributed by atoms with van der Waals surface area (Å²) in [4.78, 5) is 0. The highest BCUT2D eigenvalue weighted by Crippen LogP contribution is 1.97. The van der Waals surface area contributed by atoms with Gasteiger partial charge in [-0.05, 0) is 13.8 Å². The van der Waals surface area contributed by atoms with Crippen molar-refractivity contribution in [1.29, 1.82) is 0 Å². The largest absolute Gasteiger partial charge is 0.392 e. The number of aryl methyl sites for hydroxylation is 1. The van der Waals surface area contributed by atoms with E-state index in [4.69, 9.17) is 0 Å². The van der Waals surface area contributed by atoms with Crippen LogP contribution >= 0.6 is 0 Å². The van der Waals surface area contributed by atoms with Crippen molar-refractivity contribution in [3.05, 3.63) is 18.0 Å². The van der Waals surface area contributed by atoms with Crippen molar-refractivity contribution < 1.29 is 5.11 Å². The van der Waals surface area contributed by atoms with Gasteiger partial charge >= 0.3 is 0 Å². The van der Waals surface area contributed by atoms with Crippen LogP contribution in [-0.4, -0.2) is 27.0 Å². The van der Waals surface area contributed by atoms with Gasteiger partial charge in [0.2, 0.25) is 0 Å². The standard InChI is InChI=1S/C9H17N3O/c1-7(8(2)13)10-4-9-5-11-12(3)6-9/h5-8,10,13H,4H2,1-3H3. The van der Waals surface area contributed by atoms with Gasteiger partial charge in [-0.25, -0.2) is 0 Å². The maximum atomic E-state index is 9.22. The minimum absolute atomic E-state index is 0.111. The molecule has 0 aromatic carbocycles. The highest BCUT2D eigenvalue weighted by atomic mass is 16.3. The van der Waals surface area contributed by atoms with E-state index in [2.05, 4.69) is 10.4 Å². The van der Waals surface area contributed by atoms with Crippen LogP contribution < -0.4 is 5.32 Å². The average molecular weight is 183 g/mol. The smallest absolute Gasteiger partial charge is 0.0662 e. The molecule has 74 valence electrons. The van der Waals surface area contributed by atoms with Crippen LogP contribution in [0.2, 0.25) is 0 Å². The SMILES string of the molecule is CC(O)C(C)NCc1cnn(C)c1. The lowest BCUT2D eigenvalue weighted by atomic mass is 10.2. The Bertz CT molecular complexity index is 257. The van der Waals surface area contributed by atoms with E-state index in [0.29, 0.717) is 0 Å². The number of aliphatic hydroxyl groups excluding tert-OH is 1. The fraction of sp³-hybridized carbons (Fsp3) is 0.667. The second-order valence-electron chi connectivity index (χ2n) is 3.43. The molecule has 1 aromatic rings. The molecule has 2 N–H and O–H groups in total. The molecule has 2 atom stereocenters. The van der Waals surface area contributed by atoms with Crippen LogP contribution in [-0.2, 0) is 13.6 Å². The van der Waals surface area contributed by atoms with E-state index in [-0.39, 0.29) is 12.1 Å². The quantitative estimate of drug-likeness (QED) is 0.705. The maximum absolute atomic E-state index is 9.22. The monoisotopic (exact) mass is 183 g/mol. The molecule has 13 heavy (non-hydrogen) atoms. The van der Waals surface area contributed by atoms with E-state index >= 15 is 0 Å². The first-order chi connectivity index (χ1) is 6.09. The topological polar surface area (TPSA) is 50.1 Å². The lowest BCUT2D eigenvalue weighted by Gasteiger charge is -2.15. The second-order valence-corrected chi connectivity index (χ2v) is 3.43. The lowest BCUT2D eigenvalue weighted by molar-refractivity contribution is 0.152. The minimum atomic E-state index is -0.323. The molecule has 0 aliphatic rings. The summed E-state index contributed by atoms with van der Waals surface area (Å²) >= 11 is 0. The van der Waals surface area contributed by atoms with Gasteiger partial charge < -0.3 is 10.4 Å². The first kappa shape index (κ1) is 10.2.